The first-order valence-corrected chi connectivity index (χ1v) is 11.1. The summed E-state index contributed by atoms with van der Waals surface area (Å²) in [6, 6.07) is 13.4. The molecule has 2 aromatic carbocycles. The van der Waals surface area contributed by atoms with Crippen LogP contribution in [0.4, 0.5) is 8.78 Å². The number of halogens is 2. The van der Waals surface area contributed by atoms with Gasteiger partial charge >= 0.3 is 149 Å². The minimum atomic E-state index is -0.220. The molecule has 0 N–H and O–H groups in total. The van der Waals surface area contributed by atoms with Crippen LogP contribution >= 0.6 is 23.5 Å². The maximum absolute atomic E-state index is 13.2. The van der Waals surface area contributed by atoms with Crippen molar-refractivity contribution in [3.05, 3.63) is 60.2 Å². The van der Waals surface area contributed by atoms with E-state index in [1.54, 1.807) is 23.5 Å². The summed E-state index contributed by atoms with van der Waals surface area (Å²) < 4.78 is 29.0. The van der Waals surface area contributed by atoms with E-state index in [2.05, 4.69) is 12.5 Å². The summed E-state index contributed by atoms with van der Waals surface area (Å²) in [6.07, 6.45) is 4.14. The third-order valence-electron chi connectivity index (χ3n) is 3.44. The molecule has 0 unspecified atom stereocenters. The van der Waals surface area contributed by atoms with Crippen molar-refractivity contribution in [3.8, 4) is 20.0 Å². The van der Waals surface area contributed by atoms with Crippen LogP contribution in [0.1, 0.15) is 0 Å². The van der Waals surface area contributed by atoms with Crippen LogP contribution < -0.4 is 0 Å². The second-order valence-electron chi connectivity index (χ2n) is 4.84. The van der Waals surface area contributed by atoms with Crippen LogP contribution in [0.15, 0.2) is 58.3 Å². The summed E-state index contributed by atoms with van der Waals surface area (Å²) in [5.41, 5.74) is 2.14. The van der Waals surface area contributed by atoms with Gasteiger partial charge in [-0.05, 0) is 0 Å². The molecule has 0 saturated heterocycles. The van der Waals surface area contributed by atoms with Crippen molar-refractivity contribution in [2.45, 2.75) is 9.79 Å². The first-order chi connectivity index (χ1) is 11.1. The van der Waals surface area contributed by atoms with Gasteiger partial charge in [-0.2, -0.15) is 0 Å². The van der Waals surface area contributed by atoms with E-state index < -0.39 is 0 Å². The van der Waals surface area contributed by atoms with E-state index in [0.29, 0.717) is 0 Å². The molecule has 0 atom stereocenters. The SMILES string of the molecule is CSc1c(-c2ccc(F)cc2)[se]c(-c2ccc(F)cc2)c1SC. The summed E-state index contributed by atoms with van der Waals surface area (Å²) in [5.74, 6) is -0.440. The topological polar surface area (TPSA) is 0 Å². The average molecular weight is 411 g/mol. The minimum absolute atomic E-state index is 0.117. The molecule has 0 saturated carbocycles. The quantitative estimate of drug-likeness (QED) is 0.393. The van der Waals surface area contributed by atoms with E-state index in [4.69, 9.17) is 0 Å². The van der Waals surface area contributed by atoms with Gasteiger partial charge in [0.05, 0.1) is 0 Å². The molecule has 0 fully saturated rings. The Morgan fingerprint density at radius 2 is 1.00 bits per heavy atom. The van der Waals surface area contributed by atoms with E-state index in [9.17, 15) is 8.78 Å². The second kappa shape index (κ2) is 7.27. The van der Waals surface area contributed by atoms with Gasteiger partial charge in [0.15, 0.2) is 0 Å². The Labute approximate surface area is 149 Å². The van der Waals surface area contributed by atoms with Gasteiger partial charge in [-0.25, -0.2) is 0 Å². The Morgan fingerprint density at radius 3 is 1.30 bits per heavy atom. The molecule has 0 radical (unpaired) electrons. The number of hydrogen-bond donors (Lipinski definition) is 0. The van der Waals surface area contributed by atoms with E-state index >= 15 is 0 Å². The molecule has 0 amide bonds. The molecule has 0 aliphatic heterocycles. The van der Waals surface area contributed by atoms with Gasteiger partial charge in [-0.3, -0.25) is 0 Å². The molecular weight excluding hydrogens is 397 g/mol. The van der Waals surface area contributed by atoms with Gasteiger partial charge in [-0.1, -0.05) is 0 Å². The van der Waals surface area contributed by atoms with Crippen molar-refractivity contribution in [1.29, 1.82) is 0 Å². The Kier molecular flexibility index (Phi) is 5.32. The standard InChI is InChI=1S/C18H14F2S2Se/c1-21-15-16(22-2)18(12-5-9-14(20)10-6-12)23-17(15)11-3-7-13(19)8-4-11/h3-10H,1-2H3. The Balaban J connectivity index is 2.18. The zero-order chi connectivity index (χ0) is 16.4. The van der Waals surface area contributed by atoms with Crippen molar-refractivity contribution >= 4 is 38.0 Å². The molecule has 118 valence electrons. The second-order valence-corrected chi connectivity index (χ2v) is 8.61. The number of rotatable bonds is 4. The van der Waals surface area contributed by atoms with Gasteiger partial charge in [0.2, 0.25) is 0 Å². The van der Waals surface area contributed by atoms with Crippen LogP contribution in [0, 0.1) is 11.6 Å². The molecule has 1 heterocycles. The Hall–Kier alpha value is -1.00. The summed E-state index contributed by atoms with van der Waals surface area (Å²) in [7, 11) is 0. The molecule has 23 heavy (non-hydrogen) atoms. The van der Waals surface area contributed by atoms with Crippen molar-refractivity contribution < 1.29 is 8.78 Å². The van der Waals surface area contributed by atoms with Crippen LogP contribution in [-0.2, 0) is 0 Å². The summed E-state index contributed by atoms with van der Waals surface area (Å²) in [6.45, 7) is 0. The molecule has 3 aromatic rings. The Morgan fingerprint density at radius 1 is 0.652 bits per heavy atom. The molecular formula is C18H14F2S2Se. The van der Waals surface area contributed by atoms with E-state index in [1.807, 2.05) is 24.3 Å². The predicted octanol–water partition coefficient (Wildman–Crippen LogP) is 5.80. The van der Waals surface area contributed by atoms with Crippen molar-refractivity contribution in [2.24, 2.45) is 0 Å². The van der Waals surface area contributed by atoms with Crippen molar-refractivity contribution in [3.63, 3.8) is 0 Å². The van der Waals surface area contributed by atoms with Gasteiger partial charge < -0.3 is 0 Å². The normalized spacial score (nSPS) is 11.0. The summed E-state index contributed by atoms with van der Waals surface area (Å²) in [5, 5.41) is 0. The van der Waals surface area contributed by atoms with Crippen LogP contribution in [0.5, 0.6) is 0 Å². The van der Waals surface area contributed by atoms with Crippen LogP contribution in [0.25, 0.3) is 20.0 Å². The summed E-state index contributed by atoms with van der Waals surface area (Å²) in [4.78, 5) is 2.51. The van der Waals surface area contributed by atoms with E-state index in [-0.39, 0.29) is 26.1 Å². The molecule has 3 rings (SSSR count). The molecule has 0 nitrogen and oxygen atoms in total. The number of benzene rings is 2. The first kappa shape index (κ1) is 16.8. The third-order valence-corrected chi connectivity index (χ3v) is 8.49. The Bertz CT molecular complexity index is 740. The monoisotopic (exact) mass is 412 g/mol. The van der Waals surface area contributed by atoms with Gasteiger partial charge in [-0.15, -0.1) is 0 Å². The van der Waals surface area contributed by atoms with Crippen LogP contribution in [-0.4, -0.2) is 27.0 Å². The fourth-order valence-electron chi connectivity index (χ4n) is 2.35. The van der Waals surface area contributed by atoms with E-state index in [0.717, 1.165) is 11.1 Å². The zero-order valence-corrected chi connectivity index (χ0v) is 15.9. The number of thioether (sulfide) groups is 2. The fraction of sp³-hybridized carbons (Fsp3) is 0.111. The molecule has 0 aliphatic carbocycles. The summed E-state index contributed by atoms with van der Waals surface area (Å²) >= 11 is 3.56. The van der Waals surface area contributed by atoms with E-state index in [1.165, 1.54) is 42.9 Å². The zero-order valence-electron chi connectivity index (χ0n) is 12.6. The van der Waals surface area contributed by atoms with Gasteiger partial charge in [0.1, 0.15) is 0 Å². The predicted molar refractivity (Wildman–Crippen MR) is 97.7 cm³/mol. The molecule has 0 spiro atoms. The molecule has 5 heteroatoms. The van der Waals surface area contributed by atoms with Crippen LogP contribution in [0.3, 0.4) is 0 Å². The molecule has 0 bridgehead atoms. The average Bonchev–Trinajstić information content (AvgIpc) is 2.94. The number of hydrogen-bond acceptors (Lipinski definition) is 2. The fourth-order valence-corrected chi connectivity index (χ4v) is 8.12. The van der Waals surface area contributed by atoms with Crippen molar-refractivity contribution in [2.75, 3.05) is 12.5 Å². The molecule has 1 aromatic heterocycles. The first-order valence-electron chi connectivity index (χ1n) is 6.90. The maximum atomic E-state index is 13.2. The van der Waals surface area contributed by atoms with Gasteiger partial charge in [0.25, 0.3) is 0 Å². The molecule has 0 aliphatic rings. The van der Waals surface area contributed by atoms with Crippen LogP contribution in [0.2, 0.25) is 0 Å². The third kappa shape index (κ3) is 3.43. The van der Waals surface area contributed by atoms with Gasteiger partial charge in [0, 0.05) is 0 Å². The van der Waals surface area contributed by atoms with Crippen molar-refractivity contribution in [1.82, 2.24) is 0 Å².